The molecule has 1 unspecified atom stereocenters. The van der Waals surface area contributed by atoms with Crippen LogP contribution in [0.4, 0.5) is 0 Å². The third-order valence-electron chi connectivity index (χ3n) is 5.05. The van der Waals surface area contributed by atoms with Crippen LogP contribution in [0.1, 0.15) is 32.6 Å². The molecule has 2 rings (SSSR count). The van der Waals surface area contributed by atoms with E-state index in [9.17, 15) is 20.1 Å². The van der Waals surface area contributed by atoms with Crippen LogP contribution in [0.25, 0.3) is 0 Å². The molecule has 1 aliphatic rings. The first-order chi connectivity index (χ1) is 14.2. The molecule has 0 amide bonds. The second kappa shape index (κ2) is 11.5. The van der Waals surface area contributed by atoms with E-state index in [2.05, 4.69) is 21.7 Å². The lowest BCUT2D eigenvalue weighted by molar-refractivity contribution is -0.136. The Balaban J connectivity index is 1.95. The number of rotatable bonds is 10. The first-order valence-electron chi connectivity index (χ1n) is 9.95. The van der Waals surface area contributed by atoms with E-state index in [1.54, 1.807) is 37.3 Å². The molecule has 7 heteroatoms. The van der Waals surface area contributed by atoms with Crippen LogP contribution >= 0.6 is 15.9 Å². The molecule has 5 atom stereocenters. The van der Waals surface area contributed by atoms with Gasteiger partial charge in [-0.25, -0.2) is 0 Å². The van der Waals surface area contributed by atoms with Crippen molar-refractivity contribution in [1.29, 1.82) is 0 Å². The van der Waals surface area contributed by atoms with Crippen molar-refractivity contribution >= 4 is 21.9 Å². The summed E-state index contributed by atoms with van der Waals surface area (Å²) in [4.78, 5) is 10.5. The lowest BCUT2D eigenvalue weighted by atomic mass is 9.89. The average Bonchev–Trinajstić information content (AvgIpc) is 2.94. The van der Waals surface area contributed by atoms with Crippen LogP contribution in [0, 0.1) is 11.8 Å². The molecule has 164 valence electrons. The van der Waals surface area contributed by atoms with E-state index in [0.29, 0.717) is 18.6 Å². The molecule has 1 aromatic carbocycles. The highest BCUT2D eigenvalue weighted by Gasteiger charge is 2.39. The predicted octanol–water partition coefficient (Wildman–Crippen LogP) is 3.46. The van der Waals surface area contributed by atoms with Gasteiger partial charge in [0.15, 0.2) is 0 Å². The number of hydrogen-bond acceptors (Lipinski definition) is 5. The zero-order valence-electron chi connectivity index (χ0n) is 16.9. The lowest BCUT2D eigenvalue weighted by Crippen LogP contribution is -2.30. The molecule has 0 radical (unpaired) electrons. The monoisotopic (exact) mass is 480 g/mol. The maximum absolute atomic E-state index is 10.6. The highest BCUT2D eigenvalue weighted by molar-refractivity contribution is 9.10. The standard InChI is InChI=1S/C23H29BrO6/c1-23(29,15-30-17-8-6-7-16(24)13-17)12-11-19-18(20(25)14-21(19)26)9-4-2-3-5-10-22(27)28/h3-4,6-8,11-13,18-21,25-26,29H,5,9-10,14-15H2,1H3,(H,27,28)/t2?,18-,19-,20+,21-,23?/m1/s1. The van der Waals surface area contributed by atoms with E-state index in [4.69, 9.17) is 9.84 Å². The van der Waals surface area contributed by atoms with Gasteiger partial charge in [-0.1, -0.05) is 34.1 Å². The fourth-order valence-electron chi connectivity index (χ4n) is 3.43. The number of benzene rings is 1. The van der Waals surface area contributed by atoms with Gasteiger partial charge in [0.05, 0.1) is 12.2 Å². The molecule has 0 bridgehead atoms. The fraction of sp³-hybridized carbons (Fsp3) is 0.478. The Labute approximate surface area is 185 Å². The molecule has 0 saturated heterocycles. The average molecular weight is 481 g/mol. The second-order valence-electron chi connectivity index (χ2n) is 7.82. The largest absolute Gasteiger partial charge is 0.490 e. The number of aliphatic hydroxyl groups is 3. The Morgan fingerprint density at radius 1 is 1.33 bits per heavy atom. The quantitative estimate of drug-likeness (QED) is 0.301. The van der Waals surface area contributed by atoms with Gasteiger partial charge in [0, 0.05) is 23.2 Å². The molecule has 1 saturated carbocycles. The molecular formula is C23H29BrO6. The van der Waals surface area contributed by atoms with Gasteiger partial charge in [0.1, 0.15) is 18.0 Å². The van der Waals surface area contributed by atoms with E-state index >= 15 is 0 Å². The van der Waals surface area contributed by atoms with Crippen molar-refractivity contribution in [1.82, 2.24) is 0 Å². The first kappa shape index (κ1) is 24.4. The number of carboxylic acids is 1. The summed E-state index contributed by atoms with van der Waals surface area (Å²) < 4.78 is 6.54. The highest BCUT2D eigenvalue weighted by Crippen LogP contribution is 2.36. The molecule has 0 spiro atoms. The topological polar surface area (TPSA) is 107 Å². The number of carbonyl (C=O) groups is 1. The van der Waals surface area contributed by atoms with Crippen LogP contribution in [0.2, 0.25) is 0 Å². The summed E-state index contributed by atoms with van der Waals surface area (Å²) in [7, 11) is 0. The molecule has 0 heterocycles. The highest BCUT2D eigenvalue weighted by atomic mass is 79.9. The zero-order valence-corrected chi connectivity index (χ0v) is 18.5. The van der Waals surface area contributed by atoms with E-state index in [1.165, 1.54) is 0 Å². The number of allylic oxidation sites excluding steroid dienone is 1. The zero-order chi connectivity index (χ0) is 22.1. The van der Waals surface area contributed by atoms with Crippen molar-refractivity contribution in [3.63, 3.8) is 0 Å². The van der Waals surface area contributed by atoms with Crippen molar-refractivity contribution in [2.75, 3.05) is 6.61 Å². The van der Waals surface area contributed by atoms with E-state index in [0.717, 1.165) is 4.47 Å². The second-order valence-corrected chi connectivity index (χ2v) is 8.73. The van der Waals surface area contributed by atoms with Gasteiger partial charge in [-0.2, -0.15) is 0 Å². The van der Waals surface area contributed by atoms with Crippen LogP contribution in [-0.4, -0.2) is 50.8 Å². The summed E-state index contributed by atoms with van der Waals surface area (Å²) in [5.41, 5.74) is 1.69. The number of aliphatic carboxylic acids is 1. The summed E-state index contributed by atoms with van der Waals surface area (Å²) in [6.45, 7) is 1.67. The maximum atomic E-state index is 10.6. The molecule has 1 fully saturated rings. The predicted molar refractivity (Wildman–Crippen MR) is 117 cm³/mol. The van der Waals surface area contributed by atoms with Gasteiger partial charge in [-0.05, 0) is 56.0 Å². The third-order valence-corrected chi connectivity index (χ3v) is 5.54. The number of carboxylic acid groups (broad SMARTS) is 1. The third kappa shape index (κ3) is 8.09. The van der Waals surface area contributed by atoms with E-state index in [1.807, 2.05) is 18.2 Å². The van der Waals surface area contributed by atoms with Gasteiger partial charge >= 0.3 is 5.97 Å². The summed E-state index contributed by atoms with van der Waals surface area (Å²) in [6.07, 6.45) is 6.61. The summed E-state index contributed by atoms with van der Waals surface area (Å²) in [5, 5.41) is 39.9. The Morgan fingerprint density at radius 2 is 2.10 bits per heavy atom. The first-order valence-corrected chi connectivity index (χ1v) is 10.7. The molecule has 0 aromatic heterocycles. The number of halogens is 1. The van der Waals surface area contributed by atoms with Crippen LogP contribution in [0.15, 0.2) is 58.8 Å². The summed E-state index contributed by atoms with van der Waals surface area (Å²) in [5.74, 6) is -0.747. The van der Waals surface area contributed by atoms with Crippen molar-refractivity contribution in [2.45, 2.75) is 50.4 Å². The van der Waals surface area contributed by atoms with Gasteiger partial charge in [-0.15, -0.1) is 5.73 Å². The van der Waals surface area contributed by atoms with Crippen LogP contribution in [0.5, 0.6) is 5.75 Å². The van der Waals surface area contributed by atoms with Crippen molar-refractivity contribution in [2.24, 2.45) is 11.8 Å². The van der Waals surface area contributed by atoms with Crippen molar-refractivity contribution in [3.8, 4) is 5.75 Å². The number of aliphatic hydroxyl groups excluding tert-OH is 2. The van der Waals surface area contributed by atoms with Gasteiger partial charge < -0.3 is 25.2 Å². The van der Waals surface area contributed by atoms with E-state index in [-0.39, 0.29) is 31.3 Å². The number of hydrogen-bond donors (Lipinski definition) is 4. The van der Waals surface area contributed by atoms with E-state index < -0.39 is 23.8 Å². The Bertz CT molecular complexity index is 797. The van der Waals surface area contributed by atoms with Crippen molar-refractivity contribution < 1.29 is 30.0 Å². The molecule has 0 aliphatic heterocycles. The lowest BCUT2D eigenvalue weighted by Gasteiger charge is -2.23. The molecule has 1 aliphatic carbocycles. The van der Waals surface area contributed by atoms with Crippen LogP contribution in [-0.2, 0) is 4.79 Å². The fourth-order valence-corrected chi connectivity index (χ4v) is 3.80. The minimum Gasteiger partial charge on any atom is -0.490 e. The molecule has 1 aromatic rings. The Morgan fingerprint density at radius 3 is 2.80 bits per heavy atom. The maximum Gasteiger partial charge on any atom is 0.303 e. The normalized spacial score (nSPS) is 25.5. The van der Waals surface area contributed by atoms with Crippen LogP contribution in [0.3, 0.4) is 0 Å². The molecule has 30 heavy (non-hydrogen) atoms. The molecular weight excluding hydrogens is 452 g/mol. The number of ether oxygens (including phenoxy) is 1. The Kier molecular flexibility index (Phi) is 9.34. The smallest absolute Gasteiger partial charge is 0.303 e. The van der Waals surface area contributed by atoms with Crippen LogP contribution < -0.4 is 4.74 Å². The van der Waals surface area contributed by atoms with Crippen molar-refractivity contribution in [3.05, 3.63) is 58.8 Å². The minimum atomic E-state index is -1.24. The molecule has 4 N–H and O–H groups in total. The van der Waals surface area contributed by atoms with Gasteiger partial charge in [-0.3, -0.25) is 4.79 Å². The minimum absolute atomic E-state index is 0.0439. The summed E-state index contributed by atoms with van der Waals surface area (Å²) >= 11 is 3.37. The Hall–Kier alpha value is -1.89. The van der Waals surface area contributed by atoms with Gasteiger partial charge in [0.2, 0.25) is 0 Å². The molecule has 6 nitrogen and oxygen atoms in total. The van der Waals surface area contributed by atoms with Gasteiger partial charge in [0.25, 0.3) is 0 Å². The summed E-state index contributed by atoms with van der Waals surface area (Å²) in [6, 6.07) is 7.33. The SMILES string of the molecule is CC(O)(C=C[C@@H]1[C@@H](CC=C=CCCC(=O)O)[C@@H](O)C[C@H]1O)COc1cccc(Br)c1.